The van der Waals surface area contributed by atoms with E-state index >= 15 is 0 Å². The van der Waals surface area contributed by atoms with Gasteiger partial charge in [-0.05, 0) is 38.3 Å². The molecule has 0 spiro atoms. The van der Waals surface area contributed by atoms with Gasteiger partial charge in [0.05, 0.1) is 0 Å². The van der Waals surface area contributed by atoms with Crippen molar-refractivity contribution in [2.24, 2.45) is 5.92 Å². The lowest BCUT2D eigenvalue weighted by atomic mass is 9.93. The summed E-state index contributed by atoms with van der Waals surface area (Å²) in [6, 6.07) is 0.820. The highest BCUT2D eigenvalue weighted by molar-refractivity contribution is 4.91. The standard InChI is InChI=1S/C11H22N2O/c1-14-8-2-6-13-7-4-10-3-5-12-9-11(10)13/h10-12H,2-9H2,1H3. The Morgan fingerprint density at radius 3 is 3.21 bits per heavy atom. The van der Waals surface area contributed by atoms with Crippen molar-refractivity contribution in [2.45, 2.75) is 25.3 Å². The summed E-state index contributed by atoms with van der Waals surface area (Å²) in [7, 11) is 1.79. The molecule has 2 rings (SSSR count). The second-order valence-electron chi connectivity index (χ2n) is 4.49. The molecule has 0 aliphatic carbocycles. The minimum Gasteiger partial charge on any atom is -0.385 e. The minimum atomic E-state index is 0.820. The average molecular weight is 198 g/mol. The van der Waals surface area contributed by atoms with Gasteiger partial charge in [-0.2, -0.15) is 0 Å². The van der Waals surface area contributed by atoms with Gasteiger partial charge < -0.3 is 10.1 Å². The van der Waals surface area contributed by atoms with E-state index in [2.05, 4.69) is 10.2 Å². The molecular formula is C11H22N2O. The number of rotatable bonds is 4. The van der Waals surface area contributed by atoms with E-state index in [1.54, 1.807) is 7.11 Å². The summed E-state index contributed by atoms with van der Waals surface area (Å²) in [6.45, 7) is 5.86. The molecule has 2 heterocycles. The van der Waals surface area contributed by atoms with E-state index in [9.17, 15) is 0 Å². The SMILES string of the molecule is COCCCN1CCC2CCNCC21. The molecular weight excluding hydrogens is 176 g/mol. The van der Waals surface area contributed by atoms with Crippen molar-refractivity contribution in [3.8, 4) is 0 Å². The molecule has 0 saturated carbocycles. The van der Waals surface area contributed by atoms with Crippen LogP contribution in [0.4, 0.5) is 0 Å². The molecule has 2 saturated heterocycles. The van der Waals surface area contributed by atoms with Gasteiger partial charge in [-0.1, -0.05) is 0 Å². The molecule has 0 aromatic carbocycles. The lowest BCUT2D eigenvalue weighted by molar-refractivity contribution is 0.152. The van der Waals surface area contributed by atoms with Gasteiger partial charge in [0.25, 0.3) is 0 Å². The summed E-state index contributed by atoms with van der Waals surface area (Å²) in [4.78, 5) is 2.65. The third kappa shape index (κ3) is 2.27. The van der Waals surface area contributed by atoms with Crippen LogP contribution in [0.15, 0.2) is 0 Å². The van der Waals surface area contributed by atoms with Crippen molar-refractivity contribution in [1.82, 2.24) is 10.2 Å². The van der Waals surface area contributed by atoms with Crippen LogP contribution >= 0.6 is 0 Å². The van der Waals surface area contributed by atoms with Crippen molar-refractivity contribution in [3.63, 3.8) is 0 Å². The Labute approximate surface area is 86.8 Å². The van der Waals surface area contributed by atoms with Crippen LogP contribution in [0.25, 0.3) is 0 Å². The highest BCUT2D eigenvalue weighted by Gasteiger charge is 2.34. The van der Waals surface area contributed by atoms with E-state index in [1.165, 1.54) is 45.4 Å². The maximum Gasteiger partial charge on any atom is 0.0474 e. The first-order chi connectivity index (χ1) is 6.92. The summed E-state index contributed by atoms with van der Waals surface area (Å²) in [5.41, 5.74) is 0. The normalized spacial score (nSPS) is 33.2. The summed E-state index contributed by atoms with van der Waals surface area (Å²) >= 11 is 0. The predicted octanol–water partition coefficient (Wildman–Crippen LogP) is 0.707. The van der Waals surface area contributed by atoms with Crippen molar-refractivity contribution >= 4 is 0 Å². The van der Waals surface area contributed by atoms with Gasteiger partial charge in [0.15, 0.2) is 0 Å². The van der Waals surface area contributed by atoms with Gasteiger partial charge in [-0.15, -0.1) is 0 Å². The molecule has 2 aliphatic heterocycles. The number of hydrogen-bond donors (Lipinski definition) is 1. The molecule has 3 nitrogen and oxygen atoms in total. The van der Waals surface area contributed by atoms with E-state index in [0.29, 0.717) is 0 Å². The number of likely N-dealkylation sites (tertiary alicyclic amines) is 1. The smallest absolute Gasteiger partial charge is 0.0474 e. The second-order valence-corrected chi connectivity index (χ2v) is 4.49. The predicted molar refractivity (Wildman–Crippen MR) is 57.4 cm³/mol. The van der Waals surface area contributed by atoms with Crippen molar-refractivity contribution < 1.29 is 4.74 Å². The Morgan fingerprint density at radius 2 is 2.36 bits per heavy atom. The van der Waals surface area contributed by atoms with E-state index in [0.717, 1.165) is 18.6 Å². The van der Waals surface area contributed by atoms with Gasteiger partial charge in [0.1, 0.15) is 0 Å². The Bertz CT molecular complexity index is 175. The summed E-state index contributed by atoms with van der Waals surface area (Å²) in [5, 5.41) is 3.50. The third-order valence-corrected chi connectivity index (χ3v) is 3.64. The Hall–Kier alpha value is -0.120. The second kappa shape index (κ2) is 5.10. The zero-order chi connectivity index (χ0) is 9.80. The van der Waals surface area contributed by atoms with Crippen molar-refractivity contribution in [1.29, 1.82) is 0 Å². The van der Waals surface area contributed by atoms with Crippen molar-refractivity contribution in [3.05, 3.63) is 0 Å². The Balaban J connectivity index is 1.76. The quantitative estimate of drug-likeness (QED) is 0.673. The van der Waals surface area contributed by atoms with Crippen LogP contribution in [0.3, 0.4) is 0 Å². The van der Waals surface area contributed by atoms with Crippen molar-refractivity contribution in [2.75, 3.05) is 39.9 Å². The molecule has 2 atom stereocenters. The average Bonchev–Trinajstić information content (AvgIpc) is 2.63. The number of piperidine rings is 1. The van der Waals surface area contributed by atoms with Crippen LogP contribution in [0.1, 0.15) is 19.3 Å². The zero-order valence-electron chi connectivity index (χ0n) is 9.17. The first-order valence-corrected chi connectivity index (χ1v) is 5.85. The maximum absolute atomic E-state index is 5.10. The molecule has 1 N–H and O–H groups in total. The Morgan fingerprint density at radius 1 is 1.43 bits per heavy atom. The molecule has 2 unspecified atom stereocenters. The number of fused-ring (bicyclic) bond motifs is 1. The fraction of sp³-hybridized carbons (Fsp3) is 1.00. The molecule has 14 heavy (non-hydrogen) atoms. The van der Waals surface area contributed by atoms with Crippen LogP contribution in [-0.4, -0.2) is 50.8 Å². The molecule has 0 bridgehead atoms. The monoisotopic (exact) mass is 198 g/mol. The van der Waals surface area contributed by atoms with Gasteiger partial charge in [0.2, 0.25) is 0 Å². The van der Waals surface area contributed by atoms with Crippen LogP contribution < -0.4 is 5.32 Å². The number of hydrogen-bond acceptors (Lipinski definition) is 3. The van der Waals surface area contributed by atoms with Crippen LogP contribution in [0, 0.1) is 5.92 Å². The highest BCUT2D eigenvalue weighted by Crippen LogP contribution is 2.28. The van der Waals surface area contributed by atoms with Gasteiger partial charge in [-0.3, -0.25) is 4.90 Å². The summed E-state index contributed by atoms with van der Waals surface area (Å²) < 4.78 is 5.10. The number of nitrogens with zero attached hydrogens (tertiary/aromatic N) is 1. The fourth-order valence-corrected chi connectivity index (χ4v) is 2.85. The summed E-state index contributed by atoms with van der Waals surface area (Å²) in [6.07, 6.45) is 3.98. The molecule has 0 radical (unpaired) electrons. The van der Waals surface area contributed by atoms with E-state index in [1.807, 2.05) is 0 Å². The van der Waals surface area contributed by atoms with Crippen LogP contribution in [0.2, 0.25) is 0 Å². The minimum absolute atomic E-state index is 0.820. The molecule has 0 aromatic heterocycles. The molecule has 2 fully saturated rings. The number of nitrogens with one attached hydrogen (secondary N) is 1. The lowest BCUT2D eigenvalue weighted by Crippen LogP contribution is -2.46. The van der Waals surface area contributed by atoms with Gasteiger partial charge >= 0.3 is 0 Å². The molecule has 0 amide bonds. The molecule has 3 heteroatoms. The molecule has 0 aromatic rings. The number of methoxy groups -OCH3 is 1. The lowest BCUT2D eigenvalue weighted by Gasteiger charge is -2.32. The highest BCUT2D eigenvalue weighted by atomic mass is 16.5. The zero-order valence-corrected chi connectivity index (χ0v) is 9.17. The maximum atomic E-state index is 5.10. The van der Waals surface area contributed by atoms with E-state index < -0.39 is 0 Å². The Kier molecular flexibility index (Phi) is 3.79. The topological polar surface area (TPSA) is 24.5 Å². The van der Waals surface area contributed by atoms with E-state index in [4.69, 9.17) is 4.74 Å². The fourth-order valence-electron chi connectivity index (χ4n) is 2.85. The van der Waals surface area contributed by atoms with E-state index in [-0.39, 0.29) is 0 Å². The van der Waals surface area contributed by atoms with Crippen LogP contribution in [0.5, 0.6) is 0 Å². The van der Waals surface area contributed by atoms with Crippen LogP contribution in [-0.2, 0) is 4.74 Å². The third-order valence-electron chi connectivity index (χ3n) is 3.64. The summed E-state index contributed by atoms with van der Waals surface area (Å²) in [5.74, 6) is 0.971. The molecule has 2 aliphatic rings. The largest absolute Gasteiger partial charge is 0.385 e. The first-order valence-electron chi connectivity index (χ1n) is 5.85. The number of ether oxygens (including phenoxy) is 1. The molecule has 82 valence electrons. The van der Waals surface area contributed by atoms with Gasteiger partial charge in [-0.25, -0.2) is 0 Å². The van der Waals surface area contributed by atoms with Gasteiger partial charge in [0, 0.05) is 32.8 Å². The first kappa shape index (κ1) is 10.4.